The largest absolute Gasteiger partial charge is 0.464 e. The molecule has 1 saturated carbocycles. The molecule has 3 rings (SSSR count). The van der Waals surface area contributed by atoms with Gasteiger partial charge in [-0.15, -0.1) is 11.3 Å². The SMILES string of the molecule is CCc1cccc(NC(=O)N(Cc2nc(C(=O)OC)cs2)C2CCCCC2)c1. The van der Waals surface area contributed by atoms with Crippen LogP contribution in [0.1, 0.15) is 60.1 Å². The highest BCUT2D eigenvalue weighted by Gasteiger charge is 2.27. The molecule has 28 heavy (non-hydrogen) atoms. The molecule has 0 aliphatic heterocycles. The van der Waals surface area contributed by atoms with Crippen LogP contribution in [0.2, 0.25) is 0 Å². The van der Waals surface area contributed by atoms with E-state index in [4.69, 9.17) is 4.74 Å². The number of carbonyl (C=O) groups is 2. The summed E-state index contributed by atoms with van der Waals surface area (Å²) in [5.74, 6) is -0.451. The number of aryl methyl sites for hydroxylation is 1. The van der Waals surface area contributed by atoms with Gasteiger partial charge in [-0.1, -0.05) is 38.3 Å². The number of benzene rings is 1. The summed E-state index contributed by atoms with van der Waals surface area (Å²) >= 11 is 1.38. The second-order valence-electron chi connectivity index (χ2n) is 7.02. The molecule has 1 aromatic carbocycles. The molecule has 0 radical (unpaired) electrons. The lowest BCUT2D eigenvalue weighted by Crippen LogP contribution is -2.43. The van der Waals surface area contributed by atoms with E-state index in [9.17, 15) is 9.59 Å². The molecule has 150 valence electrons. The minimum atomic E-state index is -0.451. The Hall–Kier alpha value is -2.41. The van der Waals surface area contributed by atoms with Gasteiger partial charge < -0.3 is 15.0 Å². The van der Waals surface area contributed by atoms with Gasteiger partial charge in [0.15, 0.2) is 5.69 Å². The van der Waals surface area contributed by atoms with Crippen molar-refractivity contribution >= 4 is 29.0 Å². The van der Waals surface area contributed by atoms with Crippen LogP contribution in [0.25, 0.3) is 0 Å². The second kappa shape index (κ2) is 9.68. The van der Waals surface area contributed by atoms with Gasteiger partial charge in [0.05, 0.1) is 13.7 Å². The number of amides is 2. The maximum Gasteiger partial charge on any atom is 0.357 e. The van der Waals surface area contributed by atoms with Crippen molar-refractivity contribution in [2.45, 2.75) is 58.0 Å². The Labute approximate surface area is 169 Å². The third-order valence-corrected chi connectivity index (χ3v) is 5.95. The van der Waals surface area contributed by atoms with Gasteiger partial charge in [0.1, 0.15) is 5.01 Å². The molecule has 0 atom stereocenters. The first-order valence-electron chi connectivity index (χ1n) is 9.80. The van der Waals surface area contributed by atoms with Crippen molar-refractivity contribution in [2.24, 2.45) is 0 Å². The average molecular weight is 402 g/mol. The standard InChI is InChI=1S/C21H27N3O3S/c1-3-15-8-7-9-16(12-15)22-21(26)24(17-10-5-4-6-11-17)13-19-23-18(14-28-19)20(25)27-2/h7-9,12,14,17H,3-6,10-11,13H2,1-2H3,(H,22,26). The maximum absolute atomic E-state index is 13.1. The summed E-state index contributed by atoms with van der Waals surface area (Å²) < 4.78 is 4.73. The van der Waals surface area contributed by atoms with Crippen molar-refractivity contribution in [3.8, 4) is 0 Å². The number of nitrogens with one attached hydrogen (secondary N) is 1. The van der Waals surface area contributed by atoms with Gasteiger partial charge in [-0.25, -0.2) is 14.6 Å². The van der Waals surface area contributed by atoms with E-state index >= 15 is 0 Å². The number of nitrogens with zero attached hydrogens (tertiary/aromatic N) is 2. The number of rotatable bonds is 6. The first-order valence-corrected chi connectivity index (χ1v) is 10.7. The molecule has 1 aliphatic carbocycles. The number of urea groups is 1. The first-order chi connectivity index (χ1) is 13.6. The van der Waals surface area contributed by atoms with Crippen LogP contribution in [0.4, 0.5) is 10.5 Å². The lowest BCUT2D eigenvalue weighted by atomic mass is 9.94. The smallest absolute Gasteiger partial charge is 0.357 e. The predicted molar refractivity (Wildman–Crippen MR) is 111 cm³/mol. The number of aromatic nitrogens is 1. The van der Waals surface area contributed by atoms with E-state index in [2.05, 4.69) is 23.3 Å². The quantitative estimate of drug-likeness (QED) is 0.702. The van der Waals surface area contributed by atoms with Crippen molar-refractivity contribution in [3.63, 3.8) is 0 Å². The molecule has 6 nitrogen and oxygen atoms in total. The summed E-state index contributed by atoms with van der Waals surface area (Å²) in [6, 6.07) is 8.01. The Morgan fingerprint density at radius 3 is 2.79 bits per heavy atom. The van der Waals surface area contributed by atoms with E-state index < -0.39 is 5.97 Å². The van der Waals surface area contributed by atoms with Crippen LogP contribution in [-0.4, -0.2) is 35.0 Å². The van der Waals surface area contributed by atoms with Crippen molar-refractivity contribution in [2.75, 3.05) is 12.4 Å². The molecule has 2 amide bonds. The average Bonchev–Trinajstić information content (AvgIpc) is 3.21. The Morgan fingerprint density at radius 2 is 2.07 bits per heavy atom. The molecule has 7 heteroatoms. The molecule has 0 unspecified atom stereocenters. The molecule has 1 N–H and O–H groups in total. The fraction of sp³-hybridized carbons (Fsp3) is 0.476. The van der Waals surface area contributed by atoms with E-state index in [1.807, 2.05) is 23.1 Å². The molecule has 1 heterocycles. The number of methoxy groups -OCH3 is 1. The van der Waals surface area contributed by atoms with Gasteiger partial charge in [-0.2, -0.15) is 0 Å². The molecule has 0 bridgehead atoms. The molecular weight excluding hydrogens is 374 g/mol. The molecule has 1 aliphatic rings. The zero-order chi connectivity index (χ0) is 19.9. The van der Waals surface area contributed by atoms with Gasteiger partial charge in [0.25, 0.3) is 0 Å². The maximum atomic E-state index is 13.1. The summed E-state index contributed by atoms with van der Waals surface area (Å²) in [6.07, 6.45) is 6.39. The van der Waals surface area contributed by atoms with E-state index in [0.717, 1.165) is 42.8 Å². The minimum absolute atomic E-state index is 0.116. The number of ether oxygens (including phenoxy) is 1. The van der Waals surface area contributed by atoms with E-state index in [-0.39, 0.29) is 12.1 Å². The monoisotopic (exact) mass is 401 g/mol. The van der Waals surface area contributed by atoms with Crippen molar-refractivity contribution in [3.05, 3.63) is 45.9 Å². The van der Waals surface area contributed by atoms with Crippen molar-refractivity contribution in [1.82, 2.24) is 9.88 Å². The number of anilines is 1. The number of thiazole rings is 1. The number of esters is 1. The lowest BCUT2D eigenvalue weighted by Gasteiger charge is -2.34. The summed E-state index contributed by atoms with van der Waals surface area (Å²) in [6.45, 7) is 2.49. The molecule has 2 aromatic rings. The van der Waals surface area contributed by atoms with Crippen molar-refractivity contribution < 1.29 is 14.3 Å². The second-order valence-corrected chi connectivity index (χ2v) is 7.96. The number of hydrogen-bond donors (Lipinski definition) is 1. The van der Waals surface area contributed by atoms with Crippen LogP contribution in [0.15, 0.2) is 29.6 Å². The van der Waals surface area contributed by atoms with Crippen LogP contribution in [-0.2, 0) is 17.7 Å². The zero-order valence-corrected chi connectivity index (χ0v) is 17.3. The molecule has 1 fully saturated rings. The van der Waals surface area contributed by atoms with Gasteiger partial charge >= 0.3 is 12.0 Å². The highest BCUT2D eigenvalue weighted by molar-refractivity contribution is 7.09. The minimum Gasteiger partial charge on any atom is -0.464 e. The van der Waals surface area contributed by atoms with E-state index in [0.29, 0.717) is 12.2 Å². The zero-order valence-electron chi connectivity index (χ0n) is 16.4. The van der Waals surface area contributed by atoms with Gasteiger partial charge in [-0.3, -0.25) is 0 Å². The molecule has 1 aromatic heterocycles. The molecule has 0 spiro atoms. The predicted octanol–water partition coefficient (Wildman–Crippen LogP) is 4.86. The summed E-state index contributed by atoms with van der Waals surface area (Å²) in [7, 11) is 1.34. The van der Waals surface area contributed by atoms with Crippen molar-refractivity contribution in [1.29, 1.82) is 0 Å². The highest BCUT2D eigenvalue weighted by Crippen LogP contribution is 2.26. The van der Waals surface area contributed by atoms with Crippen LogP contribution in [0.5, 0.6) is 0 Å². The van der Waals surface area contributed by atoms with E-state index in [1.54, 1.807) is 5.38 Å². The van der Waals surface area contributed by atoms with Crippen LogP contribution >= 0.6 is 11.3 Å². The summed E-state index contributed by atoms with van der Waals surface area (Å²) in [4.78, 5) is 31.0. The third kappa shape index (κ3) is 5.10. The topological polar surface area (TPSA) is 71.5 Å². The van der Waals surface area contributed by atoms with Gasteiger partial charge in [0, 0.05) is 17.1 Å². The van der Waals surface area contributed by atoms with Gasteiger partial charge in [0.2, 0.25) is 0 Å². The third-order valence-electron chi connectivity index (χ3n) is 5.11. The Morgan fingerprint density at radius 1 is 1.29 bits per heavy atom. The number of carbonyl (C=O) groups excluding carboxylic acids is 2. The molecular formula is C21H27N3O3S. The summed E-state index contributed by atoms with van der Waals surface area (Å²) in [5.41, 5.74) is 2.28. The Kier molecular flexibility index (Phi) is 7.03. The number of hydrogen-bond acceptors (Lipinski definition) is 5. The molecule has 0 saturated heterocycles. The Bertz CT molecular complexity index is 815. The Balaban J connectivity index is 1.76. The van der Waals surface area contributed by atoms with Crippen LogP contribution < -0.4 is 5.32 Å². The van der Waals surface area contributed by atoms with Crippen LogP contribution in [0, 0.1) is 0 Å². The van der Waals surface area contributed by atoms with Gasteiger partial charge in [-0.05, 0) is 37.0 Å². The van der Waals surface area contributed by atoms with Crippen LogP contribution in [0.3, 0.4) is 0 Å². The van der Waals surface area contributed by atoms with E-state index in [1.165, 1.54) is 30.4 Å². The normalized spacial score (nSPS) is 14.5. The fourth-order valence-electron chi connectivity index (χ4n) is 3.55. The first kappa shape index (κ1) is 20.3. The fourth-order valence-corrected chi connectivity index (χ4v) is 4.31. The summed E-state index contributed by atoms with van der Waals surface area (Å²) in [5, 5.41) is 5.47. The lowest BCUT2D eigenvalue weighted by molar-refractivity contribution is 0.0594. The highest BCUT2D eigenvalue weighted by atomic mass is 32.1.